The quantitative estimate of drug-likeness (QED) is 0.779. The lowest BCUT2D eigenvalue weighted by molar-refractivity contribution is -0.121. The molecule has 0 aliphatic heterocycles. The molecule has 1 amide bonds. The maximum atomic E-state index is 13.1. The molecule has 24 heavy (non-hydrogen) atoms. The molecule has 2 fully saturated rings. The van der Waals surface area contributed by atoms with Gasteiger partial charge in [0.15, 0.2) is 0 Å². The average molecular weight is 337 g/mol. The van der Waals surface area contributed by atoms with E-state index >= 15 is 0 Å². The van der Waals surface area contributed by atoms with Crippen molar-refractivity contribution in [2.45, 2.75) is 30.1 Å². The van der Waals surface area contributed by atoms with Gasteiger partial charge >= 0.3 is 0 Å². The minimum absolute atomic E-state index is 0.112. The summed E-state index contributed by atoms with van der Waals surface area (Å²) in [6.45, 7) is 0. The summed E-state index contributed by atoms with van der Waals surface area (Å²) in [4.78, 5) is 14.3. The fourth-order valence-corrected chi connectivity index (χ4v) is 5.34. The van der Waals surface area contributed by atoms with Crippen LogP contribution in [-0.2, 0) is 4.79 Å². The second-order valence-corrected chi connectivity index (χ2v) is 7.83. The van der Waals surface area contributed by atoms with E-state index in [1.165, 1.54) is 24.8 Å². The average Bonchev–Trinajstić information content (AvgIpc) is 3.24. The number of para-hydroxylation sites is 1. The summed E-state index contributed by atoms with van der Waals surface area (Å²) in [5.41, 5.74) is 2.28. The lowest BCUT2D eigenvalue weighted by atomic mass is 9.75. The van der Waals surface area contributed by atoms with Crippen LogP contribution < -0.4 is 5.32 Å². The highest BCUT2D eigenvalue weighted by Crippen LogP contribution is 2.56. The smallest absolute Gasteiger partial charge is 0.228 e. The molecule has 124 valence electrons. The first-order chi connectivity index (χ1) is 11.8. The van der Waals surface area contributed by atoms with Crippen molar-refractivity contribution in [2.75, 3.05) is 11.6 Å². The second kappa shape index (κ2) is 6.64. The first kappa shape index (κ1) is 15.8. The summed E-state index contributed by atoms with van der Waals surface area (Å²) < 4.78 is 0. The van der Waals surface area contributed by atoms with Crippen LogP contribution in [0.25, 0.3) is 0 Å². The van der Waals surface area contributed by atoms with Gasteiger partial charge in [-0.15, -0.1) is 11.8 Å². The first-order valence-corrected chi connectivity index (χ1v) is 9.99. The molecule has 0 radical (unpaired) electrons. The van der Waals surface area contributed by atoms with Gasteiger partial charge in [-0.25, -0.2) is 0 Å². The number of hydrogen-bond acceptors (Lipinski definition) is 2. The largest absolute Gasteiger partial charge is 0.325 e. The maximum absolute atomic E-state index is 13.1. The van der Waals surface area contributed by atoms with Gasteiger partial charge in [0.05, 0.1) is 5.69 Å². The van der Waals surface area contributed by atoms with Crippen molar-refractivity contribution in [1.82, 2.24) is 0 Å². The molecule has 1 N–H and O–H groups in total. The molecule has 2 aromatic carbocycles. The number of hydrogen-bond donors (Lipinski definition) is 1. The molecular formula is C21H23NOS. The monoisotopic (exact) mass is 337 g/mol. The van der Waals surface area contributed by atoms with Gasteiger partial charge < -0.3 is 5.32 Å². The molecule has 4 rings (SSSR count). The van der Waals surface area contributed by atoms with Crippen molar-refractivity contribution in [3.63, 3.8) is 0 Å². The molecule has 0 heterocycles. The lowest BCUT2D eigenvalue weighted by Crippen LogP contribution is -2.32. The molecule has 4 atom stereocenters. The van der Waals surface area contributed by atoms with Crippen molar-refractivity contribution in [1.29, 1.82) is 0 Å². The predicted molar refractivity (Wildman–Crippen MR) is 100 cm³/mol. The zero-order valence-electron chi connectivity index (χ0n) is 13.9. The zero-order chi connectivity index (χ0) is 16.5. The van der Waals surface area contributed by atoms with Gasteiger partial charge in [-0.2, -0.15) is 0 Å². The molecule has 2 nitrogen and oxygen atoms in total. The minimum atomic E-state index is 0.112. The van der Waals surface area contributed by atoms with Gasteiger partial charge in [0.1, 0.15) is 0 Å². The van der Waals surface area contributed by atoms with E-state index in [2.05, 4.69) is 48.0 Å². The Morgan fingerprint density at radius 3 is 2.50 bits per heavy atom. The number of carbonyl (C=O) groups excluding carboxylic acids is 1. The van der Waals surface area contributed by atoms with Crippen LogP contribution in [0.2, 0.25) is 0 Å². The van der Waals surface area contributed by atoms with Gasteiger partial charge in [-0.3, -0.25) is 4.79 Å². The molecular weight excluding hydrogens is 314 g/mol. The second-order valence-electron chi connectivity index (χ2n) is 6.98. The number of fused-ring (bicyclic) bond motifs is 2. The molecule has 3 heteroatoms. The fraction of sp³-hybridized carbons (Fsp3) is 0.381. The van der Waals surface area contributed by atoms with Crippen LogP contribution in [0.5, 0.6) is 0 Å². The van der Waals surface area contributed by atoms with Crippen molar-refractivity contribution in [2.24, 2.45) is 17.8 Å². The molecule has 4 unspecified atom stereocenters. The van der Waals surface area contributed by atoms with E-state index in [0.717, 1.165) is 10.6 Å². The third-order valence-corrected chi connectivity index (χ3v) is 6.56. The van der Waals surface area contributed by atoms with E-state index in [0.29, 0.717) is 17.8 Å². The highest BCUT2D eigenvalue weighted by molar-refractivity contribution is 7.98. The number of anilines is 1. The van der Waals surface area contributed by atoms with Crippen LogP contribution in [0, 0.1) is 17.8 Å². The summed E-state index contributed by atoms with van der Waals surface area (Å²) in [6.07, 6.45) is 5.74. The van der Waals surface area contributed by atoms with Gasteiger partial charge in [0, 0.05) is 10.8 Å². The normalized spacial score (nSPS) is 28.0. The Hall–Kier alpha value is -1.74. The molecule has 2 bridgehead atoms. The zero-order valence-corrected chi connectivity index (χ0v) is 14.8. The van der Waals surface area contributed by atoms with Crippen LogP contribution in [0.15, 0.2) is 59.5 Å². The van der Waals surface area contributed by atoms with E-state index < -0.39 is 0 Å². The predicted octanol–water partition coefficient (Wildman–Crippen LogP) is 5.18. The Morgan fingerprint density at radius 2 is 1.71 bits per heavy atom. The number of carbonyl (C=O) groups is 1. The molecule has 2 saturated carbocycles. The molecule has 0 spiro atoms. The Labute approximate surface area is 148 Å². The fourth-order valence-electron chi connectivity index (χ4n) is 4.79. The molecule has 2 aliphatic carbocycles. The summed E-state index contributed by atoms with van der Waals surface area (Å²) in [7, 11) is 0. The molecule has 0 saturated heterocycles. The summed E-state index contributed by atoms with van der Waals surface area (Å²) >= 11 is 1.68. The van der Waals surface area contributed by atoms with Crippen molar-refractivity contribution in [3.05, 3.63) is 60.2 Å². The lowest BCUT2D eigenvalue weighted by Gasteiger charge is -2.30. The molecule has 2 aromatic rings. The minimum Gasteiger partial charge on any atom is -0.325 e. The third kappa shape index (κ3) is 2.75. The van der Waals surface area contributed by atoms with Crippen LogP contribution in [-0.4, -0.2) is 12.2 Å². The molecule has 2 aliphatic rings. The van der Waals surface area contributed by atoms with Crippen LogP contribution in [0.3, 0.4) is 0 Å². The number of nitrogens with one attached hydrogen (secondary N) is 1. The third-order valence-electron chi connectivity index (χ3n) is 5.77. The maximum Gasteiger partial charge on any atom is 0.228 e. The van der Waals surface area contributed by atoms with Crippen LogP contribution in [0.1, 0.15) is 30.7 Å². The standard InChI is InChI=1S/C21H23NOS/c1-24-18-10-6-5-9-17(18)22-21(23)20-16-12-11-15(13-16)19(20)14-7-3-2-4-8-14/h2-10,15-16,19-20H,11-13H2,1H3,(H,22,23). The van der Waals surface area contributed by atoms with Crippen LogP contribution in [0.4, 0.5) is 5.69 Å². The Balaban J connectivity index is 1.60. The first-order valence-electron chi connectivity index (χ1n) is 8.76. The van der Waals surface area contributed by atoms with E-state index in [1.54, 1.807) is 11.8 Å². The highest BCUT2D eigenvalue weighted by Gasteiger charge is 2.51. The topological polar surface area (TPSA) is 29.1 Å². The van der Waals surface area contributed by atoms with Crippen molar-refractivity contribution in [3.8, 4) is 0 Å². The molecule has 0 aromatic heterocycles. The van der Waals surface area contributed by atoms with E-state index in [9.17, 15) is 4.79 Å². The van der Waals surface area contributed by atoms with Gasteiger partial charge in [-0.1, -0.05) is 42.5 Å². The number of benzene rings is 2. The Kier molecular flexibility index (Phi) is 4.36. The summed E-state index contributed by atoms with van der Waals surface area (Å²) in [5.74, 6) is 1.91. The number of thioether (sulfide) groups is 1. The number of amides is 1. The highest BCUT2D eigenvalue weighted by atomic mass is 32.2. The van der Waals surface area contributed by atoms with Crippen LogP contribution >= 0.6 is 11.8 Å². The number of rotatable bonds is 4. The Bertz CT molecular complexity index is 730. The van der Waals surface area contributed by atoms with E-state index in [-0.39, 0.29) is 11.8 Å². The SMILES string of the molecule is CSc1ccccc1NC(=O)C1C2CCC(C2)C1c1ccccc1. The summed E-state index contributed by atoms with van der Waals surface area (Å²) in [6, 6.07) is 18.7. The summed E-state index contributed by atoms with van der Waals surface area (Å²) in [5, 5.41) is 3.23. The van der Waals surface area contributed by atoms with Gasteiger partial charge in [0.2, 0.25) is 5.91 Å². The van der Waals surface area contributed by atoms with Gasteiger partial charge in [-0.05, 0) is 61.0 Å². The van der Waals surface area contributed by atoms with Crippen molar-refractivity contribution < 1.29 is 4.79 Å². The Morgan fingerprint density at radius 1 is 1.00 bits per heavy atom. The van der Waals surface area contributed by atoms with Crippen molar-refractivity contribution >= 4 is 23.4 Å². The van der Waals surface area contributed by atoms with E-state index in [1.807, 2.05) is 18.2 Å². The van der Waals surface area contributed by atoms with E-state index in [4.69, 9.17) is 0 Å². The van der Waals surface area contributed by atoms with Gasteiger partial charge in [0.25, 0.3) is 0 Å².